The van der Waals surface area contributed by atoms with Gasteiger partial charge in [-0.2, -0.15) is 4.98 Å². The van der Waals surface area contributed by atoms with E-state index >= 15 is 0 Å². The molecule has 1 amide bonds. The third kappa shape index (κ3) is 7.50. The number of amides is 1. The van der Waals surface area contributed by atoms with Gasteiger partial charge in [-0.1, -0.05) is 65.3 Å². The molecule has 3 aromatic carbocycles. The van der Waals surface area contributed by atoms with Gasteiger partial charge in [0, 0.05) is 21.6 Å². The predicted octanol–water partition coefficient (Wildman–Crippen LogP) is 8.91. The van der Waals surface area contributed by atoms with Crippen molar-refractivity contribution in [2.45, 2.75) is 58.3 Å². The maximum absolute atomic E-state index is 14.0. The second-order valence-electron chi connectivity index (χ2n) is 10.4. The molecule has 0 spiro atoms. The molecule has 1 aliphatic rings. The van der Waals surface area contributed by atoms with Crippen molar-refractivity contribution in [1.82, 2.24) is 14.8 Å². The molecule has 1 atom stereocenters. The van der Waals surface area contributed by atoms with Crippen molar-refractivity contribution in [3.63, 3.8) is 0 Å². The number of hydrogen-bond donors (Lipinski definition) is 2. The van der Waals surface area contributed by atoms with Gasteiger partial charge in [0.05, 0.1) is 16.7 Å². The topological polar surface area (TPSA) is 90.3 Å². The monoisotopic (exact) mass is 739 g/mol. The molecule has 1 aromatic heterocycles. The van der Waals surface area contributed by atoms with Gasteiger partial charge in [0.15, 0.2) is 11.5 Å². The quantitative estimate of drug-likeness (QED) is 0.111. The molecule has 0 saturated heterocycles. The number of rotatable bonds is 12. The van der Waals surface area contributed by atoms with Gasteiger partial charge in [-0.3, -0.25) is 4.79 Å². The van der Waals surface area contributed by atoms with Crippen molar-refractivity contribution in [3.8, 4) is 11.5 Å². The molecular weight excluding hydrogens is 706 g/mol. The fourth-order valence-electron chi connectivity index (χ4n) is 4.95. The summed E-state index contributed by atoms with van der Waals surface area (Å²) in [4.78, 5) is 18.8. The van der Waals surface area contributed by atoms with Crippen LogP contribution in [0.2, 0.25) is 0 Å². The second-order valence-corrected chi connectivity index (χ2v) is 13.3. The van der Waals surface area contributed by atoms with Gasteiger partial charge in [-0.25, -0.2) is 4.68 Å². The minimum Gasteiger partial charge on any atom is -0.490 e. The summed E-state index contributed by atoms with van der Waals surface area (Å²) in [5.41, 5.74) is 4.84. The molecule has 0 saturated carbocycles. The Morgan fingerprint density at radius 1 is 1.07 bits per heavy atom. The van der Waals surface area contributed by atoms with Crippen LogP contribution in [0.25, 0.3) is 0 Å². The molecule has 4 aromatic rings. The Morgan fingerprint density at radius 2 is 1.89 bits per heavy atom. The van der Waals surface area contributed by atoms with Gasteiger partial charge >= 0.3 is 0 Å². The van der Waals surface area contributed by atoms with Gasteiger partial charge in [0.25, 0.3) is 5.91 Å². The van der Waals surface area contributed by atoms with Crippen LogP contribution < -0.4 is 20.1 Å². The fourth-order valence-corrected chi connectivity index (χ4v) is 6.89. The van der Waals surface area contributed by atoms with Crippen molar-refractivity contribution in [2.24, 2.45) is 0 Å². The average Bonchev–Trinajstić information content (AvgIpc) is 3.38. The molecular formula is C33H35Br2N5O3S. The molecule has 2 heterocycles. The van der Waals surface area contributed by atoms with Crippen molar-refractivity contribution < 1.29 is 14.3 Å². The van der Waals surface area contributed by atoms with E-state index in [-0.39, 0.29) is 5.91 Å². The number of nitrogens with zero attached hydrogens (tertiary/aromatic N) is 3. The number of allylic oxidation sites excluding steroid dienone is 1. The Labute approximate surface area is 279 Å². The van der Waals surface area contributed by atoms with E-state index in [4.69, 9.17) is 19.6 Å². The Bertz CT molecular complexity index is 1690. The molecule has 11 heteroatoms. The molecule has 0 fully saturated rings. The van der Waals surface area contributed by atoms with Crippen LogP contribution in [0, 0.1) is 6.92 Å². The number of carbonyl (C=O) groups is 1. The van der Waals surface area contributed by atoms with Crippen LogP contribution in [0.4, 0.5) is 11.6 Å². The first kappa shape index (κ1) is 32.1. The number of aromatic nitrogens is 3. The summed E-state index contributed by atoms with van der Waals surface area (Å²) in [7, 11) is 0. The third-order valence-corrected chi connectivity index (χ3v) is 9.01. The second kappa shape index (κ2) is 14.7. The van der Waals surface area contributed by atoms with Crippen LogP contribution in [0.3, 0.4) is 0 Å². The highest BCUT2D eigenvalue weighted by Crippen LogP contribution is 2.43. The Hall–Kier alpha value is -3.28. The standard InChI is InChI=1S/C33H35Br2N5O3S/c1-5-7-14-44-33-38-32-36-21(4)28(31(41)37-25-13-8-10-20(3)15-25)29(40(32)39-33)23-17-26(35)30(27(18-23)42-6-2)43-19-22-11-9-12-24(34)16-22/h8-13,15-18,29H,5-7,14,19H2,1-4H3,(H,37,41)(H,36,38,39). The highest BCUT2D eigenvalue weighted by molar-refractivity contribution is 9.10. The van der Waals surface area contributed by atoms with Crippen LogP contribution in [0.1, 0.15) is 56.3 Å². The van der Waals surface area contributed by atoms with Gasteiger partial charge < -0.3 is 20.1 Å². The van der Waals surface area contributed by atoms with E-state index in [0.29, 0.717) is 51.6 Å². The molecule has 5 rings (SSSR count). The number of thioether (sulfide) groups is 1. The van der Waals surface area contributed by atoms with Crippen LogP contribution in [-0.4, -0.2) is 33.0 Å². The van der Waals surface area contributed by atoms with Crippen molar-refractivity contribution >= 4 is 61.2 Å². The summed E-state index contributed by atoms with van der Waals surface area (Å²) in [6, 6.07) is 19.1. The van der Waals surface area contributed by atoms with Gasteiger partial charge in [-0.15, -0.1) is 5.10 Å². The number of ether oxygens (including phenoxy) is 2. The fraction of sp³-hybridized carbons (Fsp3) is 0.303. The Balaban J connectivity index is 1.56. The third-order valence-electron chi connectivity index (χ3n) is 7.00. The van der Waals surface area contributed by atoms with E-state index < -0.39 is 6.04 Å². The van der Waals surface area contributed by atoms with Gasteiger partial charge in [0.1, 0.15) is 12.6 Å². The highest BCUT2D eigenvalue weighted by atomic mass is 79.9. The summed E-state index contributed by atoms with van der Waals surface area (Å²) in [6.07, 6.45) is 2.16. The van der Waals surface area contributed by atoms with E-state index in [1.807, 2.05) is 81.4 Å². The smallest absolute Gasteiger partial charge is 0.255 e. The van der Waals surface area contributed by atoms with Crippen LogP contribution in [0.15, 0.2) is 86.0 Å². The number of halogens is 2. The summed E-state index contributed by atoms with van der Waals surface area (Å²) >= 11 is 8.89. The van der Waals surface area contributed by atoms with Crippen molar-refractivity contribution in [2.75, 3.05) is 23.0 Å². The van der Waals surface area contributed by atoms with Gasteiger partial charge in [0.2, 0.25) is 11.1 Å². The first-order valence-electron chi connectivity index (χ1n) is 14.6. The Morgan fingerprint density at radius 3 is 2.64 bits per heavy atom. The van der Waals surface area contributed by atoms with E-state index in [1.165, 1.54) is 0 Å². The zero-order chi connectivity index (χ0) is 31.2. The first-order chi connectivity index (χ1) is 21.3. The van der Waals surface area contributed by atoms with Crippen LogP contribution in [-0.2, 0) is 11.4 Å². The molecule has 230 valence electrons. The van der Waals surface area contributed by atoms with Crippen molar-refractivity contribution in [1.29, 1.82) is 0 Å². The lowest BCUT2D eigenvalue weighted by Crippen LogP contribution is -2.31. The minimum atomic E-state index is -0.571. The minimum absolute atomic E-state index is 0.226. The number of benzene rings is 3. The average molecular weight is 742 g/mol. The highest BCUT2D eigenvalue weighted by Gasteiger charge is 2.35. The zero-order valence-electron chi connectivity index (χ0n) is 25.1. The molecule has 1 unspecified atom stereocenters. The van der Waals surface area contributed by atoms with E-state index in [0.717, 1.165) is 45.4 Å². The van der Waals surface area contributed by atoms with Crippen molar-refractivity contribution in [3.05, 3.63) is 97.6 Å². The summed E-state index contributed by atoms with van der Waals surface area (Å²) in [6.45, 7) is 8.79. The summed E-state index contributed by atoms with van der Waals surface area (Å²) in [5.74, 6) is 2.44. The number of hydrogen-bond acceptors (Lipinski definition) is 7. The van der Waals surface area contributed by atoms with E-state index in [2.05, 4.69) is 49.4 Å². The summed E-state index contributed by atoms with van der Waals surface area (Å²) in [5, 5.41) is 12.0. The lowest BCUT2D eigenvalue weighted by molar-refractivity contribution is -0.113. The molecule has 0 aliphatic carbocycles. The van der Waals surface area contributed by atoms with E-state index in [1.54, 1.807) is 16.4 Å². The predicted molar refractivity (Wildman–Crippen MR) is 184 cm³/mol. The van der Waals surface area contributed by atoms with E-state index in [9.17, 15) is 4.79 Å². The number of fused-ring (bicyclic) bond motifs is 1. The van der Waals surface area contributed by atoms with Crippen LogP contribution in [0.5, 0.6) is 11.5 Å². The largest absolute Gasteiger partial charge is 0.490 e. The molecule has 0 bridgehead atoms. The summed E-state index contributed by atoms with van der Waals surface area (Å²) < 4.78 is 15.9. The Kier molecular flexibility index (Phi) is 10.7. The number of aryl methyl sites for hydroxylation is 1. The maximum Gasteiger partial charge on any atom is 0.255 e. The molecule has 44 heavy (non-hydrogen) atoms. The molecule has 1 aliphatic heterocycles. The molecule has 0 radical (unpaired) electrons. The lowest BCUT2D eigenvalue weighted by atomic mass is 9.94. The maximum atomic E-state index is 14.0. The number of unbranched alkanes of at least 4 members (excludes halogenated alkanes) is 1. The number of carbonyl (C=O) groups excluding carboxylic acids is 1. The first-order valence-corrected chi connectivity index (χ1v) is 17.1. The SMILES string of the molecule is CCCCSc1nc2n(n1)C(c1cc(Br)c(OCc3cccc(Br)c3)c(OCC)c1)C(C(=O)Nc1cccc(C)c1)=C(C)N2. The molecule has 8 nitrogen and oxygen atoms in total. The zero-order valence-corrected chi connectivity index (χ0v) is 29.1. The molecule has 2 N–H and O–H groups in total. The number of anilines is 2. The normalized spacial score (nSPS) is 14.2. The van der Waals surface area contributed by atoms with Crippen LogP contribution >= 0.6 is 43.6 Å². The lowest BCUT2D eigenvalue weighted by Gasteiger charge is -2.29. The number of nitrogens with one attached hydrogen (secondary N) is 2. The van der Waals surface area contributed by atoms with Gasteiger partial charge in [-0.05, 0) is 96.2 Å².